The molecule has 2 aromatic rings. The van der Waals surface area contributed by atoms with Crippen molar-refractivity contribution in [1.29, 1.82) is 0 Å². The molecule has 21 heavy (non-hydrogen) atoms. The minimum atomic E-state index is -4.54. The first-order chi connectivity index (χ1) is 9.81. The van der Waals surface area contributed by atoms with E-state index in [1.54, 1.807) is 19.1 Å². The third kappa shape index (κ3) is 3.77. The quantitative estimate of drug-likeness (QED) is 0.828. The summed E-state index contributed by atoms with van der Waals surface area (Å²) in [6, 6.07) is 8.81. The molecule has 0 saturated carbocycles. The van der Waals surface area contributed by atoms with Crippen LogP contribution in [0.25, 0.3) is 0 Å². The summed E-state index contributed by atoms with van der Waals surface area (Å²) in [6.45, 7) is 1.12. The number of aryl methyl sites for hydroxylation is 1. The summed E-state index contributed by atoms with van der Waals surface area (Å²) < 4.78 is 45.1. The molecule has 0 amide bonds. The topological polar surface area (TPSA) is 29.5 Å². The fourth-order valence-corrected chi connectivity index (χ4v) is 2.17. The van der Waals surface area contributed by atoms with E-state index >= 15 is 0 Å². The van der Waals surface area contributed by atoms with Crippen LogP contribution in [0.2, 0.25) is 0 Å². The van der Waals surface area contributed by atoms with Gasteiger partial charge in [-0.1, -0.05) is 28.1 Å². The van der Waals surface area contributed by atoms with E-state index in [1.807, 2.05) is 6.07 Å². The fraction of sp³-hybridized carbons (Fsp3) is 0.200. The Morgan fingerprint density at radius 1 is 1.14 bits per heavy atom. The van der Waals surface area contributed by atoms with Crippen molar-refractivity contribution in [1.82, 2.24) is 0 Å². The molecule has 0 aliphatic carbocycles. The monoisotopic (exact) mass is 360 g/mol. The molecule has 2 rings (SSSR count). The molecule has 0 bridgehead atoms. The highest BCUT2D eigenvalue weighted by Crippen LogP contribution is 2.36. The Morgan fingerprint density at radius 3 is 2.48 bits per heavy atom. The van der Waals surface area contributed by atoms with Gasteiger partial charge in [0.25, 0.3) is 0 Å². The van der Waals surface area contributed by atoms with E-state index in [-0.39, 0.29) is 11.3 Å². The average molecular weight is 361 g/mol. The maximum Gasteiger partial charge on any atom is 0.416 e. The van der Waals surface area contributed by atoms with Crippen LogP contribution >= 0.6 is 15.9 Å². The third-order valence-electron chi connectivity index (χ3n) is 2.94. The molecule has 0 atom stereocenters. The Morgan fingerprint density at radius 2 is 1.86 bits per heavy atom. The molecule has 0 aliphatic heterocycles. The molecule has 0 spiro atoms. The Hall–Kier alpha value is -1.53. The second-order valence-corrected chi connectivity index (χ2v) is 5.40. The Labute approximate surface area is 128 Å². The lowest BCUT2D eigenvalue weighted by Gasteiger charge is -2.14. The number of benzene rings is 2. The number of hydrogen-bond donors (Lipinski definition) is 1. The van der Waals surface area contributed by atoms with Crippen molar-refractivity contribution < 1.29 is 23.0 Å². The molecule has 0 saturated heterocycles. The van der Waals surface area contributed by atoms with Gasteiger partial charge in [0.1, 0.15) is 11.5 Å². The van der Waals surface area contributed by atoms with Gasteiger partial charge in [-0.25, -0.2) is 0 Å². The van der Waals surface area contributed by atoms with Gasteiger partial charge >= 0.3 is 6.18 Å². The standard InChI is InChI=1S/C15H12BrF3O2/c1-9-2-4-11(16)6-14(9)21-12-5-3-10(8-20)13(7-12)15(17,18)19/h2-7,20H,8H2,1H3. The van der Waals surface area contributed by atoms with E-state index in [2.05, 4.69) is 15.9 Å². The lowest BCUT2D eigenvalue weighted by molar-refractivity contribution is -0.138. The lowest BCUT2D eigenvalue weighted by atomic mass is 10.1. The normalized spacial score (nSPS) is 11.5. The molecular weight excluding hydrogens is 349 g/mol. The summed E-state index contributed by atoms with van der Waals surface area (Å²) >= 11 is 3.29. The first-order valence-electron chi connectivity index (χ1n) is 6.06. The summed E-state index contributed by atoms with van der Waals surface area (Å²) in [4.78, 5) is 0. The summed E-state index contributed by atoms with van der Waals surface area (Å²) in [5.41, 5.74) is -0.269. The second kappa shape index (κ2) is 6.07. The molecule has 0 unspecified atom stereocenters. The van der Waals surface area contributed by atoms with Crippen molar-refractivity contribution in [3.63, 3.8) is 0 Å². The number of aliphatic hydroxyl groups excluding tert-OH is 1. The molecule has 2 nitrogen and oxygen atoms in total. The van der Waals surface area contributed by atoms with Crippen molar-refractivity contribution in [3.8, 4) is 11.5 Å². The van der Waals surface area contributed by atoms with E-state index in [1.165, 1.54) is 12.1 Å². The highest BCUT2D eigenvalue weighted by Gasteiger charge is 2.33. The van der Waals surface area contributed by atoms with E-state index in [0.717, 1.165) is 16.1 Å². The average Bonchev–Trinajstić information content (AvgIpc) is 2.42. The maximum atomic E-state index is 12.9. The van der Waals surface area contributed by atoms with E-state index in [0.29, 0.717) is 5.75 Å². The summed E-state index contributed by atoms with van der Waals surface area (Å²) in [5.74, 6) is 0.537. The minimum Gasteiger partial charge on any atom is -0.457 e. The van der Waals surface area contributed by atoms with Crippen LogP contribution in [0.1, 0.15) is 16.7 Å². The fourth-order valence-electron chi connectivity index (χ4n) is 1.83. The van der Waals surface area contributed by atoms with Crippen LogP contribution in [0.4, 0.5) is 13.2 Å². The summed E-state index contributed by atoms with van der Waals surface area (Å²) in [5, 5.41) is 9.00. The summed E-state index contributed by atoms with van der Waals surface area (Å²) in [7, 11) is 0. The van der Waals surface area contributed by atoms with E-state index < -0.39 is 18.3 Å². The molecular formula is C15H12BrF3O2. The zero-order valence-electron chi connectivity index (χ0n) is 11.0. The third-order valence-corrected chi connectivity index (χ3v) is 3.43. The van der Waals surface area contributed by atoms with Gasteiger partial charge < -0.3 is 9.84 Å². The van der Waals surface area contributed by atoms with Gasteiger partial charge in [-0.05, 0) is 42.3 Å². The minimum absolute atomic E-state index is 0.0701. The van der Waals surface area contributed by atoms with Crippen LogP contribution in [0.15, 0.2) is 40.9 Å². The highest BCUT2D eigenvalue weighted by atomic mass is 79.9. The van der Waals surface area contributed by atoms with Crippen molar-refractivity contribution >= 4 is 15.9 Å². The van der Waals surface area contributed by atoms with Crippen molar-refractivity contribution in [2.75, 3.05) is 0 Å². The number of alkyl halides is 3. The lowest BCUT2D eigenvalue weighted by Crippen LogP contribution is -2.09. The molecule has 6 heteroatoms. The zero-order chi connectivity index (χ0) is 15.6. The first-order valence-corrected chi connectivity index (χ1v) is 6.85. The largest absolute Gasteiger partial charge is 0.457 e. The molecule has 0 aliphatic rings. The number of hydrogen-bond acceptors (Lipinski definition) is 2. The van der Waals surface area contributed by atoms with E-state index in [9.17, 15) is 13.2 Å². The number of rotatable bonds is 3. The van der Waals surface area contributed by atoms with Crippen LogP contribution in [-0.2, 0) is 12.8 Å². The van der Waals surface area contributed by atoms with Crippen molar-refractivity contribution in [2.45, 2.75) is 19.7 Å². The van der Waals surface area contributed by atoms with Crippen LogP contribution in [0.3, 0.4) is 0 Å². The van der Waals surface area contributed by atoms with Crippen molar-refractivity contribution in [3.05, 3.63) is 57.6 Å². The molecule has 0 radical (unpaired) electrons. The van der Waals surface area contributed by atoms with Crippen LogP contribution < -0.4 is 4.74 Å². The first kappa shape index (κ1) is 15.9. The Balaban J connectivity index is 2.39. The highest BCUT2D eigenvalue weighted by molar-refractivity contribution is 9.10. The van der Waals surface area contributed by atoms with Gasteiger partial charge in [-0.3, -0.25) is 0 Å². The molecule has 0 heterocycles. The van der Waals surface area contributed by atoms with Crippen LogP contribution in [0, 0.1) is 6.92 Å². The predicted octanol–water partition coefficient (Wildman–Crippen LogP) is 5.06. The maximum absolute atomic E-state index is 12.9. The van der Waals surface area contributed by atoms with Gasteiger partial charge in [-0.15, -0.1) is 0 Å². The Bertz CT molecular complexity index is 654. The number of ether oxygens (including phenoxy) is 1. The summed E-state index contributed by atoms with van der Waals surface area (Å²) in [6.07, 6.45) is -4.54. The van der Waals surface area contributed by atoms with Gasteiger partial charge in [0.2, 0.25) is 0 Å². The smallest absolute Gasteiger partial charge is 0.416 e. The van der Waals surface area contributed by atoms with Gasteiger partial charge in [0, 0.05) is 4.47 Å². The van der Waals surface area contributed by atoms with Gasteiger partial charge in [-0.2, -0.15) is 13.2 Å². The van der Waals surface area contributed by atoms with Crippen LogP contribution in [-0.4, -0.2) is 5.11 Å². The molecule has 0 aromatic heterocycles. The second-order valence-electron chi connectivity index (χ2n) is 4.49. The number of aliphatic hydroxyl groups is 1. The SMILES string of the molecule is Cc1ccc(Br)cc1Oc1ccc(CO)c(C(F)(F)F)c1. The number of halogens is 4. The van der Waals surface area contributed by atoms with Crippen LogP contribution in [0.5, 0.6) is 11.5 Å². The zero-order valence-corrected chi connectivity index (χ0v) is 12.6. The van der Waals surface area contributed by atoms with Gasteiger partial charge in [0.05, 0.1) is 12.2 Å². The molecule has 112 valence electrons. The predicted molar refractivity (Wildman–Crippen MR) is 76.3 cm³/mol. The van der Waals surface area contributed by atoms with E-state index in [4.69, 9.17) is 9.84 Å². The van der Waals surface area contributed by atoms with Crippen molar-refractivity contribution in [2.24, 2.45) is 0 Å². The van der Waals surface area contributed by atoms with Gasteiger partial charge in [0.15, 0.2) is 0 Å². The molecule has 0 fully saturated rings. The molecule has 2 aromatic carbocycles. The Kier molecular flexibility index (Phi) is 4.58. The molecule has 1 N–H and O–H groups in total.